The van der Waals surface area contributed by atoms with Gasteiger partial charge in [0, 0.05) is 11.1 Å². The Morgan fingerprint density at radius 3 is 2.62 bits per heavy atom. The van der Waals surface area contributed by atoms with Gasteiger partial charge in [0.05, 0.1) is 23.9 Å². The summed E-state index contributed by atoms with van der Waals surface area (Å²) in [6, 6.07) is 14.0. The molecule has 0 fully saturated rings. The fraction of sp³-hybridized carbons (Fsp3) is 0. The normalized spacial score (nSPS) is 10.5. The van der Waals surface area contributed by atoms with E-state index in [1.807, 2.05) is 42.5 Å². The van der Waals surface area contributed by atoms with E-state index < -0.39 is 0 Å². The van der Waals surface area contributed by atoms with Crippen LogP contribution in [0.5, 0.6) is 0 Å². The van der Waals surface area contributed by atoms with Gasteiger partial charge in [-0.1, -0.05) is 30.3 Å². The van der Waals surface area contributed by atoms with Gasteiger partial charge in [-0.05, 0) is 12.1 Å². The summed E-state index contributed by atoms with van der Waals surface area (Å²) in [6.07, 6.45) is 3.35. The number of aromatic nitrogens is 2. The summed E-state index contributed by atoms with van der Waals surface area (Å²) in [4.78, 5) is 0. The van der Waals surface area contributed by atoms with Crippen molar-refractivity contribution in [3.8, 4) is 22.5 Å². The second kappa shape index (κ2) is 3.70. The smallest absolute Gasteiger partial charge is 0.0996 e. The molecule has 2 heterocycles. The second-order valence-corrected chi connectivity index (χ2v) is 3.54. The maximum atomic E-state index is 5.04. The van der Waals surface area contributed by atoms with Gasteiger partial charge in [0.25, 0.3) is 0 Å². The zero-order chi connectivity index (χ0) is 10.8. The van der Waals surface area contributed by atoms with Crippen LogP contribution in [0, 0.1) is 0 Å². The number of hydrogen-bond acceptors (Lipinski definition) is 2. The van der Waals surface area contributed by atoms with Crippen LogP contribution in [-0.2, 0) is 0 Å². The molecule has 1 N–H and O–H groups in total. The maximum absolute atomic E-state index is 5.04. The van der Waals surface area contributed by atoms with E-state index in [0.717, 1.165) is 22.5 Å². The molecule has 1 aromatic carbocycles. The minimum absolute atomic E-state index is 0.941. The van der Waals surface area contributed by atoms with Crippen LogP contribution >= 0.6 is 0 Å². The summed E-state index contributed by atoms with van der Waals surface area (Å²) in [6.45, 7) is 0. The molecule has 0 aliphatic carbocycles. The summed E-state index contributed by atoms with van der Waals surface area (Å²) in [7, 11) is 0. The largest absolute Gasteiger partial charge is 0.472 e. The van der Waals surface area contributed by atoms with Crippen LogP contribution in [0.25, 0.3) is 22.5 Å². The lowest BCUT2D eigenvalue weighted by Crippen LogP contribution is -1.75. The Morgan fingerprint density at radius 2 is 1.88 bits per heavy atom. The van der Waals surface area contributed by atoms with Crippen molar-refractivity contribution >= 4 is 0 Å². The Labute approximate surface area is 92.7 Å². The lowest BCUT2D eigenvalue weighted by molar-refractivity contribution is 0.568. The highest BCUT2D eigenvalue weighted by Gasteiger charge is 2.05. The van der Waals surface area contributed by atoms with Crippen molar-refractivity contribution in [2.45, 2.75) is 0 Å². The minimum Gasteiger partial charge on any atom is -0.472 e. The number of nitrogens with one attached hydrogen (secondary N) is 1. The van der Waals surface area contributed by atoms with Crippen molar-refractivity contribution in [3.05, 3.63) is 55.0 Å². The minimum atomic E-state index is 0.941. The molecular weight excluding hydrogens is 200 g/mol. The van der Waals surface area contributed by atoms with Crippen LogP contribution < -0.4 is 0 Å². The van der Waals surface area contributed by atoms with Gasteiger partial charge in [0.15, 0.2) is 0 Å². The number of hydrogen-bond donors (Lipinski definition) is 1. The highest BCUT2D eigenvalue weighted by atomic mass is 16.3. The first kappa shape index (κ1) is 8.97. The van der Waals surface area contributed by atoms with Gasteiger partial charge in [-0.3, -0.25) is 5.10 Å². The van der Waals surface area contributed by atoms with Crippen molar-refractivity contribution < 1.29 is 4.42 Å². The zero-order valence-electron chi connectivity index (χ0n) is 8.55. The zero-order valence-corrected chi connectivity index (χ0v) is 8.55. The average Bonchev–Trinajstić information content (AvgIpc) is 3.01. The molecular formula is C13H10N2O. The predicted octanol–water partition coefficient (Wildman–Crippen LogP) is 3.34. The highest BCUT2D eigenvalue weighted by Crippen LogP contribution is 2.23. The van der Waals surface area contributed by atoms with Gasteiger partial charge in [-0.2, -0.15) is 5.10 Å². The van der Waals surface area contributed by atoms with Crippen LogP contribution in [0.2, 0.25) is 0 Å². The quantitative estimate of drug-likeness (QED) is 0.704. The molecule has 0 aliphatic rings. The lowest BCUT2D eigenvalue weighted by Gasteiger charge is -1.92. The van der Waals surface area contributed by atoms with E-state index in [1.54, 1.807) is 12.5 Å². The van der Waals surface area contributed by atoms with Crippen molar-refractivity contribution in [1.29, 1.82) is 0 Å². The predicted molar refractivity (Wildman–Crippen MR) is 61.7 cm³/mol. The molecule has 2 aromatic heterocycles. The molecule has 16 heavy (non-hydrogen) atoms. The first-order valence-electron chi connectivity index (χ1n) is 5.07. The summed E-state index contributed by atoms with van der Waals surface area (Å²) in [5.41, 5.74) is 4.02. The fourth-order valence-electron chi connectivity index (χ4n) is 1.64. The average molecular weight is 210 g/mol. The van der Waals surface area contributed by atoms with Gasteiger partial charge >= 0.3 is 0 Å². The molecule has 3 nitrogen and oxygen atoms in total. The van der Waals surface area contributed by atoms with E-state index in [2.05, 4.69) is 10.2 Å². The van der Waals surface area contributed by atoms with Gasteiger partial charge in [0.1, 0.15) is 0 Å². The second-order valence-electron chi connectivity index (χ2n) is 3.54. The molecule has 0 saturated heterocycles. The first-order chi connectivity index (χ1) is 7.93. The molecule has 0 bridgehead atoms. The maximum Gasteiger partial charge on any atom is 0.0996 e. The third kappa shape index (κ3) is 1.52. The molecule has 0 saturated carbocycles. The van der Waals surface area contributed by atoms with E-state index in [9.17, 15) is 0 Å². The van der Waals surface area contributed by atoms with Gasteiger partial charge in [0.2, 0.25) is 0 Å². The molecule has 0 aliphatic heterocycles. The van der Waals surface area contributed by atoms with Crippen molar-refractivity contribution in [2.75, 3.05) is 0 Å². The Morgan fingerprint density at radius 1 is 1.00 bits per heavy atom. The summed E-state index contributed by atoms with van der Waals surface area (Å²) < 4.78 is 5.04. The molecule has 0 spiro atoms. The number of nitrogens with zero attached hydrogens (tertiary/aromatic N) is 1. The van der Waals surface area contributed by atoms with Crippen molar-refractivity contribution in [1.82, 2.24) is 10.2 Å². The number of rotatable bonds is 2. The number of H-pyrrole nitrogens is 1. The third-order valence-corrected chi connectivity index (χ3v) is 2.48. The Bertz CT molecular complexity index is 567. The topological polar surface area (TPSA) is 41.8 Å². The standard InChI is InChI=1S/C13H10N2O/c1-2-4-10(5-3-1)12-8-13(15-14-12)11-6-7-16-9-11/h1-9H,(H,14,15). The number of furan rings is 1. The van der Waals surface area contributed by atoms with Crippen molar-refractivity contribution in [3.63, 3.8) is 0 Å². The molecule has 0 amide bonds. The van der Waals surface area contributed by atoms with Gasteiger partial charge < -0.3 is 4.42 Å². The van der Waals surface area contributed by atoms with Crippen LogP contribution in [0.15, 0.2) is 59.4 Å². The van der Waals surface area contributed by atoms with Crippen LogP contribution in [0.4, 0.5) is 0 Å². The number of benzene rings is 1. The Hall–Kier alpha value is -2.29. The summed E-state index contributed by atoms with van der Waals surface area (Å²) in [5.74, 6) is 0. The molecule has 0 radical (unpaired) electrons. The molecule has 78 valence electrons. The summed E-state index contributed by atoms with van der Waals surface area (Å²) >= 11 is 0. The van der Waals surface area contributed by atoms with E-state index >= 15 is 0 Å². The van der Waals surface area contributed by atoms with E-state index in [-0.39, 0.29) is 0 Å². The van der Waals surface area contributed by atoms with Crippen molar-refractivity contribution in [2.24, 2.45) is 0 Å². The van der Waals surface area contributed by atoms with E-state index in [1.165, 1.54) is 0 Å². The molecule has 3 aromatic rings. The summed E-state index contributed by atoms with van der Waals surface area (Å²) in [5, 5.41) is 7.27. The molecule has 0 atom stereocenters. The van der Waals surface area contributed by atoms with E-state index in [0.29, 0.717) is 0 Å². The van der Waals surface area contributed by atoms with Crippen LogP contribution in [0.1, 0.15) is 0 Å². The lowest BCUT2D eigenvalue weighted by atomic mass is 10.1. The van der Waals surface area contributed by atoms with E-state index in [4.69, 9.17) is 4.42 Å². The first-order valence-corrected chi connectivity index (χ1v) is 5.07. The highest BCUT2D eigenvalue weighted by molar-refractivity contribution is 5.67. The van der Waals surface area contributed by atoms with Gasteiger partial charge in [-0.15, -0.1) is 0 Å². The van der Waals surface area contributed by atoms with Gasteiger partial charge in [-0.25, -0.2) is 0 Å². The number of aromatic amines is 1. The monoisotopic (exact) mass is 210 g/mol. The molecule has 3 heteroatoms. The third-order valence-electron chi connectivity index (χ3n) is 2.48. The molecule has 0 unspecified atom stereocenters. The molecule has 3 rings (SSSR count). The SMILES string of the molecule is c1ccc(-c2cc(-c3ccoc3)[nH]n2)cc1. The Balaban J connectivity index is 2.00. The fourth-order valence-corrected chi connectivity index (χ4v) is 1.64. The Kier molecular flexibility index (Phi) is 2.07. The van der Waals surface area contributed by atoms with Crippen LogP contribution in [0.3, 0.4) is 0 Å². The van der Waals surface area contributed by atoms with Crippen LogP contribution in [-0.4, -0.2) is 10.2 Å².